The van der Waals surface area contributed by atoms with Crippen LogP contribution in [-0.2, 0) is 9.59 Å². The van der Waals surface area contributed by atoms with Crippen LogP contribution < -0.4 is 4.90 Å². The van der Waals surface area contributed by atoms with Gasteiger partial charge in [-0.2, -0.15) is 0 Å². The number of hydrogen-bond donors (Lipinski definition) is 2. The maximum Gasteiger partial charge on any atom is 0.295 e. The number of carbonyl (C=O) groups excluding carboxylic acids is 2. The van der Waals surface area contributed by atoms with E-state index in [1.54, 1.807) is 41.3 Å². The first-order chi connectivity index (χ1) is 14.0. The highest BCUT2D eigenvalue weighted by Gasteiger charge is 2.46. The Hall–Kier alpha value is -2.70. The van der Waals surface area contributed by atoms with Crippen LogP contribution in [0.5, 0.6) is 0 Å². The third-order valence-electron chi connectivity index (χ3n) is 5.39. The third-order valence-corrected chi connectivity index (χ3v) is 5.64. The van der Waals surface area contributed by atoms with Gasteiger partial charge in [0.15, 0.2) is 0 Å². The minimum atomic E-state index is -0.672. The summed E-state index contributed by atoms with van der Waals surface area (Å²) in [6, 6.07) is 9.59. The Morgan fingerprint density at radius 2 is 1.72 bits per heavy atom. The molecule has 0 saturated carbocycles. The number of amides is 1. The number of pyridine rings is 1. The number of quaternary nitrogens is 1. The van der Waals surface area contributed by atoms with Gasteiger partial charge in [0.2, 0.25) is 0 Å². The summed E-state index contributed by atoms with van der Waals surface area (Å²) in [5, 5.41) is 11.5. The van der Waals surface area contributed by atoms with E-state index >= 15 is 0 Å². The van der Waals surface area contributed by atoms with Gasteiger partial charge in [0.1, 0.15) is 5.76 Å². The molecule has 1 amide bonds. The lowest BCUT2D eigenvalue weighted by Gasteiger charge is -2.27. The topological polar surface area (TPSA) is 74.9 Å². The molecule has 2 N–H and O–H groups in total. The Kier molecular flexibility index (Phi) is 6.67. The molecule has 1 saturated heterocycles. The maximum absolute atomic E-state index is 12.9. The number of nitrogens with one attached hydrogen (secondary N) is 1. The van der Waals surface area contributed by atoms with Crippen molar-refractivity contribution in [3.05, 3.63) is 70.5 Å². The summed E-state index contributed by atoms with van der Waals surface area (Å²) < 4.78 is 0. The molecule has 2 heterocycles. The van der Waals surface area contributed by atoms with E-state index in [9.17, 15) is 14.7 Å². The molecule has 1 aromatic carbocycles. The van der Waals surface area contributed by atoms with E-state index < -0.39 is 17.7 Å². The molecule has 0 spiro atoms. The highest BCUT2D eigenvalue weighted by molar-refractivity contribution is 6.46. The van der Waals surface area contributed by atoms with Gasteiger partial charge in [0.25, 0.3) is 11.7 Å². The lowest BCUT2D eigenvalue weighted by Crippen LogP contribution is -3.12. The second kappa shape index (κ2) is 9.20. The summed E-state index contributed by atoms with van der Waals surface area (Å²) in [4.78, 5) is 32.6. The van der Waals surface area contributed by atoms with E-state index in [1.807, 2.05) is 0 Å². The highest BCUT2D eigenvalue weighted by Crippen LogP contribution is 2.39. The third kappa shape index (κ3) is 4.33. The van der Waals surface area contributed by atoms with Gasteiger partial charge in [-0.25, -0.2) is 0 Å². The normalized spacial score (nSPS) is 18.6. The second-order valence-electron chi connectivity index (χ2n) is 6.99. The quantitative estimate of drug-likeness (QED) is 0.413. The van der Waals surface area contributed by atoms with Crippen LogP contribution in [0.15, 0.2) is 54.4 Å². The molecule has 2 aromatic rings. The second-order valence-corrected chi connectivity index (χ2v) is 7.42. The SMILES string of the molecule is CC[NH+](CC)CCN1C(=O)C(=O)/C(=C(/O)c2ccncc2)[C@@H]1c1ccc(Cl)cc1. The smallest absolute Gasteiger partial charge is 0.295 e. The minimum absolute atomic E-state index is 0.0954. The van der Waals surface area contributed by atoms with E-state index in [4.69, 9.17) is 11.6 Å². The molecule has 3 rings (SSSR count). The van der Waals surface area contributed by atoms with E-state index in [-0.39, 0.29) is 11.3 Å². The highest BCUT2D eigenvalue weighted by atomic mass is 35.5. The van der Waals surface area contributed by atoms with Crippen molar-refractivity contribution in [1.82, 2.24) is 9.88 Å². The van der Waals surface area contributed by atoms with Crippen molar-refractivity contribution in [2.75, 3.05) is 26.2 Å². The van der Waals surface area contributed by atoms with Gasteiger partial charge >= 0.3 is 0 Å². The number of benzene rings is 1. The van der Waals surface area contributed by atoms with Gasteiger partial charge < -0.3 is 14.9 Å². The van der Waals surface area contributed by atoms with Crippen LogP contribution in [0.3, 0.4) is 0 Å². The molecule has 1 aromatic heterocycles. The van der Waals surface area contributed by atoms with Crippen molar-refractivity contribution >= 4 is 29.1 Å². The van der Waals surface area contributed by atoms with Crippen LogP contribution in [0.25, 0.3) is 5.76 Å². The van der Waals surface area contributed by atoms with Crippen molar-refractivity contribution in [1.29, 1.82) is 0 Å². The molecule has 0 unspecified atom stereocenters. The van der Waals surface area contributed by atoms with E-state index in [0.717, 1.165) is 25.2 Å². The Morgan fingerprint density at radius 3 is 2.31 bits per heavy atom. The first-order valence-electron chi connectivity index (χ1n) is 9.75. The fraction of sp³-hybridized carbons (Fsp3) is 0.318. The molecule has 6 nitrogen and oxygen atoms in total. The van der Waals surface area contributed by atoms with Gasteiger partial charge in [-0.15, -0.1) is 0 Å². The van der Waals surface area contributed by atoms with Gasteiger partial charge in [0.05, 0.1) is 37.8 Å². The molecule has 1 aliphatic heterocycles. The van der Waals surface area contributed by atoms with Crippen LogP contribution in [0.1, 0.15) is 31.0 Å². The van der Waals surface area contributed by atoms with Gasteiger partial charge in [-0.05, 0) is 43.7 Å². The average Bonchev–Trinajstić information content (AvgIpc) is 3.00. The van der Waals surface area contributed by atoms with Crippen LogP contribution >= 0.6 is 11.6 Å². The van der Waals surface area contributed by atoms with Crippen molar-refractivity contribution in [2.24, 2.45) is 0 Å². The molecule has 0 radical (unpaired) electrons. The molecule has 0 aliphatic carbocycles. The predicted octanol–water partition coefficient (Wildman–Crippen LogP) is 2.08. The molecule has 7 heteroatoms. The molecular formula is C22H25ClN3O3+. The van der Waals surface area contributed by atoms with E-state index in [1.165, 1.54) is 17.3 Å². The number of likely N-dealkylation sites (tertiary alicyclic amines) is 1. The number of nitrogens with zero attached hydrogens (tertiary/aromatic N) is 2. The summed E-state index contributed by atoms with van der Waals surface area (Å²) in [7, 11) is 0. The van der Waals surface area contributed by atoms with Crippen LogP contribution in [0.4, 0.5) is 0 Å². The average molecular weight is 415 g/mol. The molecule has 1 fully saturated rings. The van der Waals surface area contributed by atoms with Crippen molar-refractivity contribution in [3.8, 4) is 0 Å². The Labute approximate surface area is 175 Å². The molecular weight excluding hydrogens is 390 g/mol. The van der Waals surface area contributed by atoms with E-state index in [2.05, 4.69) is 18.8 Å². The predicted molar refractivity (Wildman–Crippen MR) is 112 cm³/mol. The van der Waals surface area contributed by atoms with Crippen LogP contribution in [-0.4, -0.2) is 52.9 Å². The van der Waals surface area contributed by atoms with Crippen molar-refractivity contribution in [3.63, 3.8) is 0 Å². The fourth-order valence-electron chi connectivity index (χ4n) is 3.65. The summed E-state index contributed by atoms with van der Waals surface area (Å²) in [6.45, 7) is 7.19. The fourth-order valence-corrected chi connectivity index (χ4v) is 3.78. The maximum atomic E-state index is 12.9. The summed E-state index contributed by atoms with van der Waals surface area (Å²) >= 11 is 6.03. The number of halogens is 1. The lowest BCUT2D eigenvalue weighted by molar-refractivity contribution is -0.895. The zero-order chi connectivity index (χ0) is 21.0. The Balaban J connectivity index is 2.07. The Morgan fingerprint density at radius 1 is 1.10 bits per heavy atom. The number of aromatic nitrogens is 1. The Bertz CT molecular complexity index is 909. The molecule has 152 valence electrons. The summed E-state index contributed by atoms with van der Waals surface area (Å²) in [5.74, 6) is -1.45. The number of rotatable bonds is 7. The zero-order valence-electron chi connectivity index (χ0n) is 16.6. The molecule has 1 atom stereocenters. The number of carbonyl (C=O) groups is 2. The molecule has 1 aliphatic rings. The van der Waals surface area contributed by atoms with Gasteiger partial charge in [0, 0.05) is 23.0 Å². The number of likely N-dealkylation sites (N-methyl/N-ethyl adjacent to an activating group) is 1. The number of hydrogen-bond acceptors (Lipinski definition) is 4. The van der Waals surface area contributed by atoms with Gasteiger partial charge in [-0.1, -0.05) is 23.7 Å². The van der Waals surface area contributed by atoms with E-state index in [0.29, 0.717) is 17.1 Å². The summed E-state index contributed by atoms with van der Waals surface area (Å²) in [5.41, 5.74) is 1.28. The van der Waals surface area contributed by atoms with Crippen molar-refractivity contribution in [2.45, 2.75) is 19.9 Å². The van der Waals surface area contributed by atoms with Gasteiger partial charge in [-0.3, -0.25) is 14.6 Å². The zero-order valence-corrected chi connectivity index (χ0v) is 17.3. The van der Waals surface area contributed by atoms with Crippen LogP contribution in [0.2, 0.25) is 5.02 Å². The first kappa shape index (κ1) is 21.0. The number of aliphatic hydroxyl groups excluding tert-OH is 1. The number of ketones is 1. The standard InChI is InChI=1S/C22H24ClN3O3/c1-3-25(4-2)13-14-26-19(15-5-7-17(23)8-6-15)18(21(28)22(26)29)20(27)16-9-11-24-12-10-16/h5-12,19,27H,3-4,13-14H2,1-2H3/p+1/b20-18+/t19-/m0/s1. The van der Waals surface area contributed by atoms with Crippen molar-refractivity contribution < 1.29 is 19.6 Å². The number of Topliss-reactive ketones (excluding diaryl/α,β-unsaturated/α-hetero) is 1. The lowest BCUT2D eigenvalue weighted by atomic mass is 9.95. The first-order valence-corrected chi connectivity index (χ1v) is 10.1. The molecule has 29 heavy (non-hydrogen) atoms. The van der Waals surface area contributed by atoms with Crippen LogP contribution in [0, 0.1) is 0 Å². The number of aliphatic hydroxyl groups is 1. The summed E-state index contributed by atoms with van der Waals surface area (Å²) in [6.07, 6.45) is 3.07. The molecule has 0 bridgehead atoms. The minimum Gasteiger partial charge on any atom is -0.507 e. The monoisotopic (exact) mass is 414 g/mol. The largest absolute Gasteiger partial charge is 0.507 e.